The molecular weight excluding hydrogens is 304 g/mol. The van der Waals surface area contributed by atoms with Crippen molar-refractivity contribution in [2.75, 3.05) is 10.6 Å². The Balaban J connectivity index is 1.83. The Kier molecular flexibility index (Phi) is 4.90. The Morgan fingerprint density at radius 2 is 1.92 bits per heavy atom. The minimum Gasteiger partial charge on any atom is -0.365 e. The zero-order chi connectivity index (χ0) is 16.9. The molecule has 1 aromatic heterocycles. The van der Waals surface area contributed by atoms with Gasteiger partial charge >= 0.3 is 0 Å². The highest BCUT2D eigenvalue weighted by Crippen LogP contribution is 2.22. The molecule has 1 fully saturated rings. The number of primary amides is 1. The number of hydrogen-bond acceptors (Lipinski definition) is 6. The van der Waals surface area contributed by atoms with Gasteiger partial charge < -0.3 is 22.1 Å². The quantitative estimate of drug-likeness (QED) is 0.667. The number of carbonyl (C=O) groups is 1. The van der Waals surface area contributed by atoms with E-state index in [1.165, 1.54) is 6.20 Å². The molecule has 1 aliphatic rings. The second kappa shape index (κ2) is 7.27. The summed E-state index contributed by atoms with van der Waals surface area (Å²) < 4.78 is 0. The summed E-state index contributed by atoms with van der Waals surface area (Å²) in [6.07, 6.45) is 5.72. The van der Waals surface area contributed by atoms with E-state index in [0.717, 1.165) is 31.4 Å². The average Bonchev–Trinajstić information content (AvgIpc) is 2.58. The van der Waals surface area contributed by atoms with Crippen molar-refractivity contribution in [3.05, 3.63) is 42.1 Å². The number of nitrogens with one attached hydrogen (secondary N) is 2. The van der Waals surface area contributed by atoms with Gasteiger partial charge in [-0.15, -0.1) is 0 Å². The molecule has 0 saturated heterocycles. The number of aromatic nitrogens is 2. The van der Waals surface area contributed by atoms with Crippen molar-refractivity contribution >= 4 is 23.4 Å². The molecule has 6 N–H and O–H groups in total. The van der Waals surface area contributed by atoms with Gasteiger partial charge in [0.1, 0.15) is 11.4 Å². The summed E-state index contributed by atoms with van der Waals surface area (Å²) in [5.41, 5.74) is 12.7. The molecular formula is C17H22N6O. The summed E-state index contributed by atoms with van der Waals surface area (Å²) in [5, 5.41) is 6.40. The van der Waals surface area contributed by atoms with Gasteiger partial charge in [0, 0.05) is 24.0 Å². The van der Waals surface area contributed by atoms with Crippen molar-refractivity contribution < 1.29 is 4.79 Å². The first-order valence-corrected chi connectivity index (χ1v) is 8.14. The summed E-state index contributed by atoms with van der Waals surface area (Å²) in [6.45, 7) is 0. The van der Waals surface area contributed by atoms with Crippen LogP contribution in [0.4, 0.5) is 17.5 Å². The molecule has 7 nitrogen and oxygen atoms in total. The van der Waals surface area contributed by atoms with Crippen molar-refractivity contribution in [1.82, 2.24) is 9.97 Å². The van der Waals surface area contributed by atoms with E-state index in [0.29, 0.717) is 11.8 Å². The van der Waals surface area contributed by atoms with Gasteiger partial charge in [-0.1, -0.05) is 31.0 Å². The van der Waals surface area contributed by atoms with E-state index in [-0.39, 0.29) is 17.6 Å². The van der Waals surface area contributed by atoms with E-state index >= 15 is 0 Å². The van der Waals surface area contributed by atoms with E-state index in [2.05, 4.69) is 20.6 Å². The summed E-state index contributed by atoms with van der Waals surface area (Å²) in [4.78, 5) is 20.3. The van der Waals surface area contributed by atoms with E-state index in [1.807, 2.05) is 30.3 Å². The Bertz CT molecular complexity index is 705. The second-order valence-corrected chi connectivity index (χ2v) is 6.01. The highest BCUT2D eigenvalue weighted by Gasteiger charge is 2.23. The van der Waals surface area contributed by atoms with Gasteiger partial charge in [0.25, 0.3) is 5.91 Å². The lowest BCUT2D eigenvalue weighted by molar-refractivity contribution is 0.100. The first kappa shape index (κ1) is 16.2. The normalized spacial score (nSPS) is 20.4. The number of nitrogens with two attached hydrogens (primary N) is 2. The highest BCUT2D eigenvalue weighted by atomic mass is 16.1. The van der Waals surface area contributed by atoms with Gasteiger partial charge in [-0.3, -0.25) is 4.79 Å². The fourth-order valence-electron chi connectivity index (χ4n) is 2.89. The van der Waals surface area contributed by atoms with Crippen LogP contribution < -0.4 is 22.1 Å². The van der Waals surface area contributed by atoms with Crippen LogP contribution in [0.25, 0.3) is 0 Å². The molecule has 2 atom stereocenters. The topological polar surface area (TPSA) is 119 Å². The van der Waals surface area contributed by atoms with E-state index < -0.39 is 5.91 Å². The Morgan fingerprint density at radius 3 is 2.62 bits per heavy atom. The van der Waals surface area contributed by atoms with Crippen molar-refractivity contribution in [3.8, 4) is 0 Å². The van der Waals surface area contributed by atoms with E-state index in [9.17, 15) is 4.79 Å². The van der Waals surface area contributed by atoms with Gasteiger partial charge in [-0.25, -0.2) is 4.98 Å². The number of anilines is 3. The van der Waals surface area contributed by atoms with Crippen LogP contribution in [-0.4, -0.2) is 28.0 Å². The molecule has 1 aromatic carbocycles. The maximum absolute atomic E-state index is 11.6. The van der Waals surface area contributed by atoms with Crippen LogP contribution in [-0.2, 0) is 0 Å². The fraction of sp³-hybridized carbons (Fsp3) is 0.353. The molecule has 2 aromatic rings. The number of amides is 1. The summed E-state index contributed by atoms with van der Waals surface area (Å²) in [6, 6.07) is 9.71. The number of benzene rings is 1. The lowest BCUT2D eigenvalue weighted by Gasteiger charge is -2.29. The molecule has 3 rings (SSSR count). The third-order valence-electron chi connectivity index (χ3n) is 4.22. The lowest BCUT2D eigenvalue weighted by Crippen LogP contribution is -2.43. The van der Waals surface area contributed by atoms with Gasteiger partial charge in [0.05, 0.1) is 0 Å². The zero-order valence-electron chi connectivity index (χ0n) is 13.4. The summed E-state index contributed by atoms with van der Waals surface area (Å²) >= 11 is 0. The summed E-state index contributed by atoms with van der Waals surface area (Å²) in [7, 11) is 0. The highest BCUT2D eigenvalue weighted by molar-refractivity contribution is 5.98. The first-order chi connectivity index (χ1) is 11.6. The van der Waals surface area contributed by atoms with Gasteiger partial charge in [0.15, 0.2) is 0 Å². The molecule has 2 unspecified atom stereocenters. The number of rotatable bonds is 5. The van der Waals surface area contributed by atoms with Crippen LogP contribution >= 0.6 is 0 Å². The molecule has 1 heterocycles. The largest absolute Gasteiger partial charge is 0.365 e. The molecule has 126 valence electrons. The maximum Gasteiger partial charge on any atom is 0.254 e. The van der Waals surface area contributed by atoms with E-state index in [1.54, 1.807) is 0 Å². The van der Waals surface area contributed by atoms with Crippen molar-refractivity contribution in [2.24, 2.45) is 11.5 Å². The summed E-state index contributed by atoms with van der Waals surface area (Å²) in [5.74, 6) is 0.255. The van der Waals surface area contributed by atoms with Crippen molar-refractivity contribution in [1.29, 1.82) is 0 Å². The molecule has 0 radical (unpaired) electrons. The van der Waals surface area contributed by atoms with Crippen LogP contribution in [0.15, 0.2) is 36.5 Å². The predicted octanol–water partition coefficient (Wildman–Crippen LogP) is 2.00. The average molecular weight is 326 g/mol. The second-order valence-electron chi connectivity index (χ2n) is 6.01. The van der Waals surface area contributed by atoms with Crippen LogP contribution in [0.1, 0.15) is 36.0 Å². The fourth-order valence-corrected chi connectivity index (χ4v) is 2.89. The Morgan fingerprint density at radius 1 is 1.17 bits per heavy atom. The van der Waals surface area contributed by atoms with Crippen molar-refractivity contribution in [2.45, 2.75) is 37.8 Å². The third kappa shape index (κ3) is 3.80. The number of nitrogens with zero attached hydrogens (tertiary/aromatic N) is 2. The minimum atomic E-state index is -0.575. The number of carbonyl (C=O) groups excluding carboxylic acids is 1. The minimum absolute atomic E-state index is 0.0868. The van der Waals surface area contributed by atoms with Gasteiger partial charge in [0.2, 0.25) is 5.95 Å². The molecule has 24 heavy (non-hydrogen) atoms. The predicted molar refractivity (Wildman–Crippen MR) is 94.1 cm³/mol. The van der Waals surface area contributed by atoms with Gasteiger partial charge in [-0.05, 0) is 25.0 Å². The van der Waals surface area contributed by atoms with Crippen LogP contribution in [0.5, 0.6) is 0 Å². The third-order valence-corrected chi connectivity index (χ3v) is 4.22. The van der Waals surface area contributed by atoms with Crippen LogP contribution in [0, 0.1) is 0 Å². The number of para-hydroxylation sites is 1. The Labute approximate surface area is 140 Å². The van der Waals surface area contributed by atoms with Crippen molar-refractivity contribution in [3.63, 3.8) is 0 Å². The molecule has 1 aliphatic carbocycles. The lowest BCUT2D eigenvalue weighted by atomic mass is 9.91. The Hall–Kier alpha value is -2.67. The van der Waals surface area contributed by atoms with E-state index in [4.69, 9.17) is 11.5 Å². The molecule has 1 amide bonds. The standard InChI is InChI=1S/C17H22N6O/c18-13-8-4-5-9-14(13)22-17-20-10-12(15(19)24)16(23-17)21-11-6-2-1-3-7-11/h1-3,6-7,10,13-14H,4-5,8-9,18H2,(H2,19,24)(H2,20,21,22,23). The molecule has 0 spiro atoms. The SMILES string of the molecule is NC(=O)c1cnc(NC2CCCCC2N)nc1Nc1ccccc1. The monoisotopic (exact) mass is 326 g/mol. The smallest absolute Gasteiger partial charge is 0.254 e. The van der Waals surface area contributed by atoms with Crippen LogP contribution in [0.2, 0.25) is 0 Å². The molecule has 7 heteroatoms. The molecule has 0 aliphatic heterocycles. The maximum atomic E-state index is 11.6. The van der Waals surface area contributed by atoms with Crippen LogP contribution in [0.3, 0.4) is 0 Å². The first-order valence-electron chi connectivity index (χ1n) is 8.14. The zero-order valence-corrected chi connectivity index (χ0v) is 13.4. The number of hydrogen-bond donors (Lipinski definition) is 4. The molecule has 0 bridgehead atoms. The molecule has 1 saturated carbocycles. The van der Waals surface area contributed by atoms with Gasteiger partial charge in [-0.2, -0.15) is 4.98 Å².